The molecule has 0 N–H and O–H groups in total. The molecule has 0 aromatic carbocycles. The third kappa shape index (κ3) is 4.07. The molecular weight excluding hydrogens is 182 g/mol. The molecule has 0 spiro atoms. The Morgan fingerprint density at radius 3 is 2.64 bits per heavy atom. The van der Waals surface area contributed by atoms with Gasteiger partial charge in [0.25, 0.3) is 0 Å². The summed E-state index contributed by atoms with van der Waals surface area (Å²) >= 11 is 0. The first kappa shape index (κ1) is 11.5. The van der Waals surface area contributed by atoms with Crippen molar-refractivity contribution in [2.45, 2.75) is 25.4 Å². The number of likely N-dealkylation sites (tertiary alicyclic amines) is 1. The largest absolute Gasteiger partial charge is 0.385 e. The van der Waals surface area contributed by atoms with Gasteiger partial charge in [-0.2, -0.15) is 0 Å². The Balaban J connectivity index is 2.01. The molecule has 14 heavy (non-hydrogen) atoms. The number of hydrogen-bond donors (Lipinski definition) is 0. The van der Waals surface area contributed by atoms with E-state index in [-0.39, 0.29) is 0 Å². The van der Waals surface area contributed by atoms with Crippen molar-refractivity contribution < 1.29 is 14.3 Å². The minimum atomic E-state index is 0.336. The monoisotopic (exact) mass is 201 g/mol. The maximum absolute atomic E-state index is 10.4. The van der Waals surface area contributed by atoms with Gasteiger partial charge in [-0.15, -0.1) is 0 Å². The minimum absolute atomic E-state index is 0.336. The zero-order valence-electron chi connectivity index (χ0n) is 8.78. The van der Waals surface area contributed by atoms with Gasteiger partial charge in [-0.05, 0) is 19.3 Å². The molecule has 0 aromatic rings. The predicted octanol–water partition coefficient (Wildman–Crippen LogP) is 0.660. The molecule has 1 aliphatic rings. The quantitative estimate of drug-likeness (QED) is 0.468. The number of amides is 1. The van der Waals surface area contributed by atoms with Crippen molar-refractivity contribution in [1.29, 1.82) is 0 Å². The van der Waals surface area contributed by atoms with E-state index in [9.17, 15) is 4.79 Å². The lowest BCUT2D eigenvalue weighted by Gasteiger charge is -2.29. The molecule has 1 saturated heterocycles. The number of methoxy groups -OCH3 is 1. The molecule has 4 heteroatoms. The van der Waals surface area contributed by atoms with E-state index >= 15 is 0 Å². The van der Waals surface area contributed by atoms with Crippen LogP contribution in [-0.4, -0.2) is 50.8 Å². The van der Waals surface area contributed by atoms with Crippen molar-refractivity contribution in [3.05, 3.63) is 0 Å². The molecule has 0 aliphatic carbocycles. The summed E-state index contributed by atoms with van der Waals surface area (Å²) in [6.07, 6.45) is 4.13. The first-order valence-electron chi connectivity index (χ1n) is 5.16. The van der Waals surface area contributed by atoms with Crippen molar-refractivity contribution in [2.24, 2.45) is 0 Å². The van der Waals surface area contributed by atoms with E-state index in [1.165, 1.54) is 0 Å². The van der Waals surface area contributed by atoms with Crippen LogP contribution in [0.5, 0.6) is 0 Å². The zero-order valence-corrected chi connectivity index (χ0v) is 8.78. The molecule has 0 radical (unpaired) electrons. The van der Waals surface area contributed by atoms with Gasteiger partial charge in [0, 0.05) is 33.4 Å². The average Bonchev–Trinajstić information content (AvgIpc) is 2.25. The molecule has 1 aliphatic heterocycles. The Labute approximate surface area is 85.2 Å². The summed E-state index contributed by atoms with van der Waals surface area (Å²) in [4.78, 5) is 12.2. The third-order valence-electron chi connectivity index (χ3n) is 2.47. The van der Waals surface area contributed by atoms with Gasteiger partial charge in [0.1, 0.15) is 0 Å². The number of piperidine rings is 1. The fourth-order valence-corrected chi connectivity index (χ4v) is 1.60. The van der Waals surface area contributed by atoms with Crippen LogP contribution in [0.4, 0.5) is 0 Å². The van der Waals surface area contributed by atoms with Crippen LogP contribution >= 0.6 is 0 Å². The summed E-state index contributed by atoms with van der Waals surface area (Å²) in [7, 11) is 1.70. The van der Waals surface area contributed by atoms with Crippen LogP contribution in [0.3, 0.4) is 0 Å². The molecule has 0 unspecified atom stereocenters. The Kier molecular flexibility index (Phi) is 5.56. The van der Waals surface area contributed by atoms with Crippen LogP contribution in [0.15, 0.2) is 0 Å². The van der Waals surface area contributed by atoms with Crippen LogP contribution in [0.1, 0.15) is 19.3 Å². The second-order valence-electron chi connectivity index (χ2n) is 3.56. The summed E-state index contributed by atoms with van der Waals surface area (Å²) in [5, 5.41) is 0. The van der Waals surface area contributed by atoms with Crippen LogP contribution in [0.2, 0.25) is 0 Å². The highest BCUT2D eigenvalue weighted by atomic mass is 16.5. The van der Waals surface area contributed by atoms with Crippen molar-refractivity contribution in [2.75, 3.05) is 33.4 Å². The van der Waals surface area contributed by atoms with E-state index in [4.69, 9.17) is 9.47 Å². The molecule has 1 fully saturated rings. The number of carbonyl (C=O) groups excluding carboxylic acids is 1. The first-order chi connectivity index (χ1) is 6.86. The molecule has 0 bridgehead atoms. The van der Waals surface area contributed by atoms with Crippen molar-refractivity contribution in [1.82, 2.24) is 4.90 Å². The number of ether oxygens (including phenoxy) is 2. The Bertz CT molecular complexity index is 155. The summed E-state index contributed by atoms with van der Waals surface area (Å²) in [6, 6.07) is 0. The highest BCUT2D eigenvalue weighted by Crippen LogP contribution is 2.12. The lowest BCUT2D eigenvalue weighted by Crippen LogP contribution is -2.36. The van der Waals surface area contributed by atoms with Gasteiger partial charge in [0.2, 0.25) is 6.41 Å². The Hall–Kier alpha value is -0.610. The van der Waals surface area contributed by atoms with Gasteiger partial charge in [-0.1, -0.05) is 0 Å². The van der Waals surface area contributed by atoms with Gasteiger partial charge in [-0.3, -0.25) is 4.79 Å². The molecule has 1 heterocycles. The predicted molar refractivity (Wildman–Crippen MR) is 53.1 cm³/mol. The van der Waals surface area contributed by atoms with E-state index in [1.807, 2.05) is 0 Å². The van der Waals surface area contributed by atoms with E-state index < -0.39 is 0 Å². The summed E-state index contributed by atoms with van der Waals surface area (Å²) < 4.78 is 10.6. The SMILES string of the molecule is COCCCOC1CCN(C=O)CC1. The minimum Gasteiger partial charge on any atom is -0.385 e. The topological polar surface area (TPSA) is 38.8 Å². The van der Waals surface area contributed by atoms with Crippen LogP contribution in [0, 0.1) is 0 Å². The maximum Gasteiger partial charge on any atom is 0.209 e. The molecule has 4 nitrogen and oxygen atoms in total. The van der Waals surface area contributed by atoms with Gasteiger partial charge in [0.15, 0.2) is 0 Å². The number of hydrogen-bond acceptors (Lipinski definition) is 3. The highest BCUT2D eigenvalue weighted by molar-refractivity contribution is 5.47. The average molecular weight is 201 g/mol. The van der Waals surface area contributed by atoms with Crippen molar-refractivity contribution in [3.8, 4) is 0 Å². The van der Waals surface area contributed by atoms with Crippen LogP contribution in [0.25, 0.3) is 0 Å². The van der Waals surface area contributed by atoms with E-state index in [2.05, 4.69) is 0 Å². The van der Waals surface area contributed by atoms with Gasteiger partial charge in [-0.25, -0.2) is 0 Å². The lowest BCUT2D eigenvalue weighted by atomic mass is 10.1. The van der Waals surface area contributed by atoms with E-state index in [0.717, 1.165) is 52.0 Å². The number of rotatable bonds is 6. The molecule has 0 saturated carbocycles. The molecule has 0 atom stereocenters. The molecule has 0 aromatic heterocycles. The fourth-order valence-electron chi connectivity index (χ4n) is 1.60. The number of carbonyl (C=O) groups is 1. The maximum atomic E-state index is 10.4. The standard InChI is InChI=1S/C10H19NO3/c1-13-7-2-8-14-10-3-5-11(9-12)6-4-10/h9-10H,2-8H2,1H3. The summed E-state index contributed by atoms with van der Waals surface area (Å²) in [5.74, 6) is 0. The molecule has 1 rings (SSSR count). The second kappa shape index (κ2) is 6.79. The second-order valence-corrected chi connectivity index (χ2v) is 3.56. The Morgan fingerprint density at radius 1 is 1.36 bits per heavy atom. The zero-order chi connectivity index (χ0) is 10.2. The third-order valence-corrected chi connectivity index (χ3v) is 2.47. The molecule has 1 amide bonds. The van der Waals surface area contributed by atoms with Gasteiger partial charge in [0.05, 0.1) is 6.10 Å². The Morgan fingerprint density at radius 2 is 2.07 bits per heavy atom. The van der Waals surface area contributed by atoms with E-state index in [0.29, 0.717) is 6.10 Å². The fraction of sp³-hybridized carbons (Fsp3) is 0.900. The molecular formula is C10H19NO3. The van der Waals surface area contributed by atoms with E-state index in [1.54, 1.807) is 12.0 Å². The molecule has 82 valence electrons. The normalized spacial score (nSPS) is 18.5. The van der Waals surface area contributed by atoms with Crippen LogP contribution in [-0.2, 0) is 14.3 Å². The highest BCUT2D eigenvalue weighted by Gasteiger charge is 2.17. The van der Waals surface area contributed by atoms with Gasteiger partial charge < -0.3 is 14.4 Å². The lowest BCUT2D eigenvalue weighted by molar-refractivity contribution is -0.120. The van der Waals surface area contributed by atoms with Crippen molar-refractivity contribution in [3.63, 3.8) is 0 Å². The summed E-state index contributed by atoms with van der Waals surface area (Å²) in [5.41, 5.74) is 0. The van der Waals surface area contributed by atoms with Crippen LogP contribution < -0.4 is 0 Å². The van der Waals surface area contributed by atoms with Crippen molar-refractivity contribution >= 4 is 6.41 Å². The smallest absolute Gasteiger partial charge is 0.209 e. The number of nitrogens with zero attached hydrogens (tertiary/aromatic N) is 1. The van der Waals surface area contributed by atoms with Gasteiger partial charge >= 0.3 is 0 Å². The first-order valence-corrected chi connectivity index (χ1v) is 5.16. The summed E-state index contributed by atoms with van der Waals surface area (Å²) in [6.45, 7) is 3.18.